The molecule has 0 spiro atoms. The van der Waals surface area contributed by atoms with Crippen LogP contribution in [0.3, 0.4) is 0 Å². The molecule has 0 aliphatic carbocycles. The standard InChI is InChI=1S/C18H13BrN2O4S/c19-14-7-6-13(10-15(14)21(24)25)11-16-17(22)20(18(23)26-16)9-8-12-4-2-1-3-5-12/h1-7,10-11H,8-9H2/b16-11-. The lowest BCUT2D eigenvalue weighted by molar-refractivity contribution is -0.385. The van der Waals surface area contributed by atoms with Gasteiger partial charge in [-0.25, -0.2) is 0 Å². The van der Waals surface area contributed by atoms with Crippen LogP contribution in [0.15, 0.2) is 57.9 Å². The second-order valence-corrected chi connectivity index (χ2v) is 7.38. The molecule has 2 aromatic rings. The monoisotopic (exact) mass is 432 g/mol. The van der Waals surface area contributed by atoms with Gasteiger partial charge in [0.15, 0.2) is 0 Å². The van der Waals surface area contributed by atoms with Crippen LogP contribution in [0.1, 0.15) is 11.1 Å². The van der Waals surface area contributed by atoms with E-state index in [1.807, 2.05) is 30.3 Å². The number of carbonyl (C=O) groups is 2. The van der Waals surface area contributed by atoms with Crippen LogP contribution in [0.25, 0.3) is 6.08 Å². The van der Waals surface area contributed by atoms with Gasteiger partial charge in [0.25, 0.3) is 16.8 Å². The number of rotatable bonds is 5. The normalized spacial score (nSPS) is 15.7. The second-order valence-electron chi connectivity index (χ2n) is 5.54. The van der Waals surface area contributed by atoms with Gasteiger partial charge >= 0.3 is 0 Å². The summed E-state index contributed by atoms with van der Waals surface area (Å²) in [5.41, 5.74) is 1.44. The molecule has 0 bridgehead atoms. The summed E-state index contributed by atoms with van der Waals surface area (Å²) in [6.45, 7) is 0.298. The number of halogens is 1. The molecule has 1 aliphatic rings. The van der Waals surface area contributed by atoms with E-state index in [0.29, 0.717) is 23.0 Å². The molecule has 0 N–H and O–H groups in total. The molecule has 0 saturated carbocycles. The second kappa shape index (κ2) is 7.84. The first-order valence-corrected chi connectivity index (χ1v) is 9.30. The van der Waals surface area contributed by atoms with Crippen molar-refractivity contribution < 1.29 is 14.5 Å². The van der Waals surface area contributed by atoms with Crippen LogP contribution in [0, 0.1) is 10.1 Å². The van der Waals surface area contributed by atoms with Crippen LogP contribution < -0.4 is 0 Å². The third-order valence-corrected chi connectivity index (χ3v) is 5.38. The van der Waals surface area contributed by atoms with Crippen molar-refractivity contribution in [1.82, 2.24) is 4.90 Å². The van der Waals surface area contributed by atoms with Gasteiger partial charge in [0, 0.05) is 12.6 Å². The smallest absolute Gasteiger partial charge is 0.268 e. The molecule has 6 nitrogen and oxygen atoms in total. The van der Waals surface area contributed by atoms with Gasteiger partial charge in [-0.3, -0.25) is 24.6 Å². The average Bonchev–Trinajstić information content (AvgIpc) is 2.89. The van der Waals surface area contributed by atoms with E-state index in [-0.39, 0.29) is 21.7 Å². The van der Waals surface area contributed by atoms with Crippen molar-refractivity contribution in [1.29, 1.82) is 0 Å². The molecular formula is C18H13BrN2O4S. The molecule has 132 valence electrons. The molecule has 3 rings (SSSR count). The van der Waals surface area contributed by atoms with Crippen molar-refractivity contribution in [2.75, 3.05) is 6.54 Å². The van der Waals surface area contributed by atoms with E-state index >= 15 is 0 Å². The zero-order valence-corrected chi connectivity index (χ0v) is 15.8. The lowest BCUT2D eigenvalue weighted by Gasteiger charge is -2.12. The maximum atomic E-state index is 12.5. The Kier molecular flexibility index (Phi) is 5.53. The van der Waals surface area contributed by atoms with Gasteiger partial charge in [0.05, 0.1) is 14.3 Å². The van der Waals surface area contributed by atoms with Gasteiger partial charge in [-0.15, -0.1) is 0 Å². The van der Waals surface area contributed by atoms with Crippen molar-refractivity contribution >= 4 is 50.6 Å². The number of imide groups is 1. The van der Waals surface area contributed by atoms with Crippen molar-refractivity contribution in [3.63, 3.8) is 0 Å². The van der Waals surface area contributed by atoms with Crippen molar-refractivity contribution in [3.8, 4) is 0 Å². The number of nitrogens with zero attached hydrogens (tertiary/aromatic N) is 2. The van der Waals surface area contributed by atoms with Crippen LogP contribution in [0.5, 0.6) is 0 Å². The molecule has 1 fully saturated rings. The molecule has 2 aromatic carbocycles. The highest BCUT2D eigenvalue weighted by molar-refractivity contribution is 9.10. The number of hydrogen-bond donors (Lipinski definition) is 0. The predicted molar refractivity (Wildman–Crippen MR) is 104 cm³/mol. The third-order valence-electron chi connectivity index (χ3n) is 3.81. The maximum Gasteiger partial charge on any atom is 0.293 e. The Morgan fingerprint density at radius 2 is 1.88 bits per heavy atom. The summed E-state index contributed by atoms with van der Waals surface area (Å²) in [6, 6.07) is 14.2. The molecule has 1 saturated heterocycles. The van der Waals surface area contributed by atoms with E-state index in [4.69, 9.17) is 0 Å². The van der Waals surface area contributed by atoms with Crippen LogP contribution in [0.2, 0.25) is 0 Å². The summed E-state index contributed by atoms with van der Waals surface area (Å²) in [6.07, 6.45) is 2.09. The maximum absolute atomic E-state index is 12.5. The van der Waals surface area contributed by atoms with Gasteiger partial charge in [-0.2, -0.15) is 0 Å². The molecule has 1 heterocycles. The van der Waals surface area contributed by atoms with Crippen molar-refractivity contribution in [2.45, 2.75) is 6.42 Å². The highest BCUT2D eigenvalue weighted by Crippen LogP contribution is 2.33. The average molecular weight is 433 g/mol. The predicted octanol–water partition coefficient (Wildman–Crippen LogP) is 4.64. The Hall–Kier alpha value is -2.45. The van der Waals surface area contributed by atoms with Crippen LogP contribution in [-0.2, 0) is 11.2 Å². The largest absolute Gasteiger partial charge is 0.293 e. The van der Waals surface area contributed by atoms with E-state index in [0.717, 1.165) is 17.3 Å². The first-order chi connectivity index (χ1) is 12.5. The minimum Gasteiger partial charge on any atom is -0.268 e. The van der Waals surface area contributed by atoms with Crippen LogP contribution in [0.4, 0.5) is 10.5 Å². The minimum atomic E-state index is -0.507. The molecule has 0 unspecified atom stereocenters. The molecule has 1 aliphatic heterocycles. The van der Waals surface area contributed by atoms with Gasteiger partial charge in [0.2, 0.25) is 0 Å². The molecule has 0 radical (unpaired) electrons. The minimum absolute atomic E-state index is 0.0953. The summed E-state index contributed by atoms with van der Waals surface area (Å²) < 4.78 is 0.357. The number of hydrogen-bond acceptors (Lipinski definition) is 5. The number of benzene rings is 2. The van der Waals surface area contributed by atoms with Crippen LogP contribution in [-0.4, -0.2) is 27.5 Å². The highest BCUT2D eigenvalue weighted by atomic mass is 79.9. The Balaban J connectivity index is 1.77. The Labute approximate surface area is 162 Å². The SMILES string of the molecule is O=C1S/C(=C\c2ccc(Br)c([N+](=O)[O-])c2)C(=O)N1CCc1ccccc1. The summed E-state index contributed by atoms with van der Waals surface area (Å²) in [7, 11) is 0. The fourth-order valence-electron chi connectivity index (χ4n) is 2.49. The number of thioether (sulfide) groups is 1. The van der Waals surface area contributed by atoms with E-state index < -0.39 is 4.92 Å². The molecule has 26 heavy (non-hydrogen) atoms. The topological polar surface area (TPSA) is 80.5 Å². The fraction of sp³-hybridized carbons (Fsp3) is 0.111. The molecular weight excluding hydrogens is 420 g/mol. The quantitative estimate of drug-likeness (QED) is 0.390. The van der Waals surface area contributed by atoms with E-state index in [1.165, 1.54) is 17.0 Å². The summed E-state index contributed by atoms with van der Waals surface area (Å²) in [4.78, 5) is 36.6. The summed E-state index contributed by atoms with van der Waals surface area (Å²) in [5, 5.41) is 10.7. The first-order valence-electron chi connectivity index (χ1n) is 7.69. The number of amides is 2. The zero-order valence-electron chi connectivity index (χ0n) is 13.4. The van der Waals surface area contributed by atoms with Gasteiger partial charge in [-0.1, -0.05) is 36.4 Å². The summed E-state index contributed by atoms with van der Waals surface area (Å²) in [5.74, 6) is -0.374. The zero-order chi connectivity index (χ0) is 18.7. The van der Waals surface area contributed by atoms with Gasteiger partial charge in [0.1, 0.15) is 0 Å². The Bertz CT molecular complexity index is 915. The Morgan fingerprint density at radius 3 is 2.58 bits per heavy atom. The molecule has 8 heteroatoms. The van der Waals surface area contributed by atoms with Gasteiger partial charge in [-0.05, 0) is 57.4 Å². The fourth-order valence-corrected chi connectivity index (χ4v) is 3.75. The van der Waals surface area contributed by atoms with Crippen molar-refractivity contribution in [2.24, 2.45) is 0 Å². The third kappa shape index (κ3) is 4.03. The highest BCUT2D eigenvalue weighted by Gasteiger charge is 2.34. The lowest BCUT2D eigenvalue weighted by atomic mass is 10.1. The van der Waals surface area contributed by atoms with E-state index in [9.17, 15) is 19.7 Å². The van der Waals surface area contributed by atoms with Crippen molar-refractivity contribution in [3.05, 3.63) is 79.2 Å². The van der Waals surface area contributed by atoms with E-state index in [1.54, 1.807) is 12.1 Å². The molecule has 0 atom stereocenters. The van der Waals surface area contributed by atoms with Gasteiger partial charge < -0.3 is 0 Å². The number of carbonyl (C=O) groups excluding carboxylic acids is 2. The number of nitro benzene ring substituents is 1. The van der Waals surface area contributed by atoms with E-state index in [2.05, 4.69) is 15.9 Å². The van der Waals surface area contributed by atoms with Crippen LogP contribution >= 0.6 is 27.7 Å². The molecule has 0 aromatic heterocycles. The lowest BCUT2D eigenvalue weighted by Crippen LogP contribution is -2.30. The Morgan fingerprint density at radius 1 is 1.15 bits per heavy atom. The first kappa shape index (κ1) is 18.3. The number of nitro groups is 1. The summed E-state index contributed by atoms with van der Waals surface area (Å²) >= 11 is 3.97. The molecule has 2 amide bonds.